The molecule has 1 aromatic carbocycles. The first-order chi connectivity index (χ1) is 10.1. The summed E-state index contributed by atoms with van der Waals surface area (Å²) in [5, 5.41) is 3.71. The van der Waals surface area contributed by atoms with E-state index in [-0.39, 0.29) is 17.0 Å². The fourth-order valence-corrected chi connectivity index (χ4v) is 3.79. The molecule has 21 heavy (non-hydrogen) atoms. The molecule has 2 fully saturated rings. The number of halogens is 2. The first-order valence-corrected chi connectivity index (χ1v) is 7.98. The summed E-state index contributed by atoms with van der Waals surface area (Å²) >= 11 is 5.77. The van der Waals surface area contributed by atoms with Crippen LogP contribution in [0.1, 0.15) is 42.5 Å². The van der Waals surface area contributed by atoms with Crippen LogP contribution in [-0.4, -0.2) is 36.0 Å². The summed E-state index contributed by atoms with van der Waals surface area (Å²) in [7, 11) is 0. The fraction of sp³-hybridized carbons (Fsp3) is 0.562. The third-order valence-electron chi connectivity index (χ3n) is 4.73. The van der Waals surface area contributed by atoms with Crippen LogP contribution in [0.3, 0.4) is 0 Å². The Morgan fingerprint density at radius 1 is 1.29 bits per heavy atom. The van der Waals surface area contributed by atoms with Crippen molar-refractivity contribution in [3.05, 3.63) is 34.6 Å². The molecule has 0 radical (unpaired) electrons. The second-order valence-electron chi connectivity index (χ2n) is 6.04. The maximum Gasteiger partial charge on any atom is 0.257 e. The Kier molecular flexibility index (Phi) is 4.18. The minimum Gasteiger partial charge on any atom is -0.330 e. The van der Waals surface area contributed by atoms with Crippen molar-refractivity contribution in [3.63, 3.8) is 0 Å². The molecule has 114 valence electrons. The number of carbonyl (C=O) groups is 1. The maximum atomic E-state index is 14.1. The van der Waals surface area contributed by atoms with E-state index in [2.05, 4.69) is 5.32 Å². The van der Waals surface area contributed by atoms with Gasteiger partial charge in [0.05, 0.1) is 11.1 Å². The molecule has 1 aliphatic heterocycles. The van der Waals surface area contributed by atoms with Crippen molar-refractivity contribution in [2.45, 2.75) is 37.6 Å². The largest absolute Gasteiger partial charge is 0.330 e. The highest BCUT2D eigenvalue weighted by atomic mass is 35.5. The van der Waals surface area contributed by atoms with Crippen molar-refractivity contribution in [2.75, 3.05) is 19.6 Å². The molecule has 0 aromatic heterocycles. The van der Waals surface area contributed by atoms with E-state index in [0.717, 1.165) is 38.8 Å². The SMILES string of the molecule is O=C(c1ccc(Cl)cc1F)N1CCNCC12CCCCC2. The molecule has 1 saturated carbocycles. The van der Waals surface area contributed by atoms with Crippen LogP contribution in [0.15, 0.2) is 18.2 Å². The summed E-state index contributed by atoms with van der Waals surface area (Å²) in [4.78, 5) is 14.7. The molecule has 3 rings (SSSR count). The lowest BCUT2D eigenvalue weighted by Crippen LogP contribution is -2.63. The lowest BCUT2D eigenvalue weighted by molar-refractivity contribution is 0.0219. The van der Waals surface area contributed by atoms with Gasteiger partial charge in [0.1, 0.15) is 5.82 Å². The van der Waals surface area contributed by atoms with Gasteiger partial charge in [0.25, 0.3) is 5.91 Å². The van der Waals surface area contributed by atoms with E-state index in [1.165, 1.54) is 18.6 Å². The van der Waals surface area contributed by atoms with Gasteiger partial charge >= 0.3 is 0 Å². The number of nitrogens with zero attached hydrogens (tertiary/aromatic N) is 1. The van der Waals surface area contributed by atoms with Crippen LogP contribution < -0.4 is 5.32 Å². The molecule has 0 bridgehead atoms. The summed E-state index contributed by atoms with van der Waals surface area (Å²) in [6, 6.07) is 4.29. The molecule has 0 unspecified atom stereocenters. The second kappa shape index (κ2) is 5.93. The Labute approximate surface area is 129 Å². The van der Waals surface area contributed by atoms with Crippen LogP contribution in [0.25, 0.3) is 0 Å². The normalized spacial score (nSPS) is 21.5. The minimum absolute atomic E-state index is 0.131. The fourth-order valence-electron chi connectivity index (χ4n) is 3.63. The second-order valence-corrected chi connectivity index (χ2v) is 6.48. The zero-order chi connectivity index (χ0) is 14.9. The van der Waals surface area contributed by atoms with Crippen molar-refractivity contribution in [3.8, 4) is 0 Å². The highest BCUT2D eigenvalue weighted by molar-refractivity contribution is 6.30. The van der Waals surface area contributed by atoms with Gasteiger partial charge < -0.3 is 10.2 Å². The quantitative estimate of drug-likeness (QED) is 0.864. The third-order valence-corrected chi connectivity index (χ3v) is 4.96. The molecule has 1 aromatic rings. The molecule has 1 saturated heterocycles. The molecule has 1 heterocycles. The van der Waals surface area contributed by atoms with Crippen molar-refractivity contribution in [2.24, 2.45) is 0 Å². The van der Waals surface area contributed by atoms with Gasteiger partial charge in [-0.25, -0.2) is 4.39 Å². The molecule has 1 amide bonds. The number of amides is 1. The molecular weight excluding hydrogens is 291 g/mol. The Hall–Kier alpha value is -1.13. The van der Waals surface area contributed by atoms with E-state index >= 15 is 0 Å². The van der Waals surface area contributed by atoms with Crippen LogP contribution in [-0.2, 0) is 0 Å². The lowest BCUT2D eigenvalue weighted by Gasteiger charge is -2.49. The summed E-state index contributed by atoms with van der Waals surface area (Å²) in [5.74, 6) is -0.732. The topological polar surface area (TPSA) is 32.3 Å². The molecule has 1 spiro atoms. The number of benzene rings is 1. The Morgan fingerprint density at radius 2 is 2.05 bits per heavy atom. The number of piperazine rings is 1. The van der Waals surface area contributed by atoms with E-state index in [0.29, 0.717) is 11.6 Å². The molecule has 5 heteroatoms. The first kappa shape index (κ1) is 14.8. The summed E-state index contributed by atoms with van der Waals surface area (Å²) in [5.41, 5.74) is -0.00844. The highest BCUT2D eigenvalue weighted by Crippen LogP contribution is 2.35. The zero-order valence-corrected chi connectivity index (χ0v) is 12.8. The van der Waals surface area contributed by atoms with Gasteiger partial charge in [0, 0.05) is 24.7 Å². The average molecular weight is 311 g/mol. The van der Waals surface area contributed by atoms with Crippen molar-refractivity contribution in [1.82, 2.24) is 10.2 Å². The molecule has 1 aliphatic carbocycles. The van der Waals surface area contributed by atoms with Gasteiger partial charge in [0.2, 0.25) is 0 Å². The van der Waals surface area contributed by atoms with Gasteiger partial charge in [-0.1, -0.05) is 30.9 Å². The minimum atomic E-state index is -0.531. The number of rotatable bonds is 1. The van der Waals surface area contributed by atoms with Gasteiger partial charge in [0.15, 0.2) is 0 Å². The van der Waals surface area contributed by atoms with Gasteiger partial charge in [-0.3, -0.25) is 4.79 Å². The van der Waals surface area contributed by atoms with Gasteiger partial charge in [-0.2, -0.15) is 0 Å². The Balaban J connectivity index is 1.90. The number of carbonyl (C=O) groups excluding carboxylic acids is 1. The highest BCUT2D eigenvalue weighted by Gasteiger charge is 2.42. The predicted molar refractivity (Wildman–Crippen MR) is 81.1 cm³/mol. The Bertz CT molecular complexity index is 535. The number of hydrogen-bond donors (Lipinski definition) is 1. The molecule has 0 atom stereocenters. The zero-order valence-electron chi connectivity index (χ0n) is 12.0. The van der Waals surface area contributed by atoms with Crippen molar-refractivity contribution in [1.29, 1.82) is 0 Å². The maximum absolute atomic E-state index is 14.1. The molecule has 3 nitrogen and oxygen atoms in total. The lowest BCUT2D eigenvalue weighted by atomic mass is 9.78. The van der Waals surface area contributed by atoms with Crippen LogP contribution in [0, 0.1) is 5.82 Å². The van der Waals surface area contributed by atoms with E-state index < -0.39 is 5.82 Å². The first-order valence-electron chi connectivity index (χ1n) is 7.60. The average Bonchev–Trinajstić information content (AvgIpc) is 2.48. The van der Waals surface area contributed by atoms with E-state index in [1.54, 1.807) is 6.07 Å². The van der Waals surface area contributed by atoms with E-state index in [1.807, 2.05) is 4.90 Å². The van der Waals surface area contributed by atoms with Crippen LogP contribution in [0.4, 0.5) is 4.39 Å². The van der Waals surface area contributed by atoms with E-state index in [9.17, 15) is 9.18 Å². The van der Waals surface area contributed by atoms with Crippen molar-refractivity contribution >= 4 is 17.5 Å². The summed E-state index contributed by atoms with van der Waals surface area (Å²) in [6.07, 6.45) is 5.49. The van der Waals surface area contributed by atoms with E-state index in [4.69, 9.17) is 11.6 Å². The monoisotopic (exact) mass is 310 g/mol. The van der Waals surface area contributed by atoms with Crippen LogP contribution in [0.2, 0.25) is 5.02 Å². The van der Waals surface area contributed by atoms with Crippen LogP contribution >= 0.6 is 11.6 Å². The van der Waals surface area contributed by atoms with Crippen molar-refractivity contribution < 1.29 is 9.18 Å². The molecular formula is C16H20ClFN2O. The van der Waals surface area contributed by atoms with Gasteiger partial charge in [-0.05, 0) is 31.0 Å². The number of hydrogen-bond acceptors (Lipinski definition) is 2. The summed E-state index contributed by atoms with van der Waals surface area (Å²) < 4.78 is 14.1. The van der Waals surface area contributed by atoms with Crippen LogP contribution in [0.5, 0.6) is 0 Å². The smallest absolute Gasteiger partial charge is 0.257 e. The van der Waals surface area contributed by atoms with Gasteiger partial charge in [-0.15, -0.1) is 0 Å². The molecule has 2 aliphatic rings. The standard InChI is InChI=1S/C16H20ClFN2O/c17-12-4-5-13(14(18)10-12)15(21)20-9-8-19-11-16(20)6-2-1-3-7-16/h4-5,10,19H,1-3,6-9,11H2. The molecule has 1 N–H and O–H groups in total. The number of nitrogens with one attached hydrogen (secondary N) is 1. The predicted octanol–water partition coefficient (Wildman–Crippen LogP) is 3.23. The summed E-state index contributed by atoms with van der Waals surface area (Å²) in [6.45, 7) is 2.22. The third kappa shape index (κ3) is 2.79. The Morgan fingerprint density at radius 3 is 2.76 bits per heavy atom.